The van der Waals surface area contributed by atoms with Gasteiger partial charge < -0.3 is 4.74 Å². The van der Waals surface area contributed by atoms with E-state index in [1.807, 2.05) is 18.2 Å². The van der Waals surface area contributed by atoms with E-state index < -0.39 is 10.0 Å². The molecule has 132 valence electrons. The van der Waals surface area contributed by atoms with Gasteiger partial charge in [-0.25, -0.2) is 8.42 Å². The number of benzene rings is 2. The summed E-state index contributed by atoms with van der Waals surface area (Å²) in [6.45, 7) is 0. The number of nitrogens with one attached hydrogen (secondary N) is 1. The number of nitrogens with zero attached hydrogens (tertiary/aromatic N) is 2. The van der Waals surface area contributed by atoms with Crippen molar-refractivity contribution in [3.05, 3.63) is 53.1 Å². The minimum absolute atomic E-state index is 0.0537. The molecule has 3 rings (SSSR count). The normalized spacial score (nSPS) is 11.6. The first-order valence-electron chi connectivity index (χ1n) is 7.64. The first kappa shape index (κ1) is 17.6. The van der Waals surface area contributed by atoms with Crippen LogP contribution in [0, 0.1) is 0 Å². The average Bonchev–Trinajstić information content (AvgIpc) is 2.90. The number of hydrogen-bond donors (Lipinski definition) is 1. The number of fused-ring (bicyclic) bond motifs is 1. The Morgan fingerprint density at radius 1 is 1.20 bits per heavy atom. The van der Waals surface area contributed by atoms with Gasteiger partial charge in [-0.2, -0.15) is 5.10 Å². The molecule has 0 spiro atoms. The van der Waals surface area contributed by atoms with E-state index in [9.17, 15) is 8.42 Å². The molecule has 0 aliphatic carbocycles. The Balaban J connectivity index is 1.77. The third-order valence-electron chi connectivity index (χ3n) is 3.90. The van der Waals surface area contributed by atoms with Crippen LogP contribution in [-0.4, -0.2) is 31.1 Å². The lowest BCUT2D eigenvalue weighted by Crippen LogP contribution is -2.18. The number of methoxy groups -OCH3 is 1. The van der Waals surface area contributed by atoms with Gasteiger partial charge in [-0.15, -0.1) is 0 Å². The molecule has 0 saturated carbocycles. The maximum atomic E-state index is 12.4. The van der Waals surface area contributed by atoms with Crippen molar-refractivity contribution < 1.29 is 13.2 Å². The number of halogens is 1. The molecule has 3 aromatic rings. The van der Waals surface area contributed by atoms with E-state index in [1.54, 1.807) is 43.1 Å². The third-order valence-corrected chi connectivity index (χ3v) is 5.46. The van der Waals surface area contributed by atoms with Gasteiger partial charge in [0, 0.05) is 7.05 Å². The molecular weight excluding hydrogens is 362 g/mol. The van der Waals surface area contributed by atoms with Gasteiger partial charge in [0.15, 0.2) is 5.82 Å². The maximum Gasteiger partial charge on any atom is 0.234 e. The first-order chi connectivity index (χ1) is 11.9. The first-order valence-corrected chi connectivity index (χ1v) is 9.67. The molecule has 1 N–H and O–H groups in total. The fourth-order valence-electron chi connectivity index (χ4n) is 2.58. The Morgan fingerprint density at radius 3 is 2.60 bits per heavy atom. The molecule has 0 amide bonds. The summed E-state index contributed by atoms with van der Waals surface area (Å²) in [7, 11) is -0.226. The van der Waals surface area contributed by atoms with Crippen molar-refractivity contribution in [2.75, 3.05) is 17.6 Å². The SMILES string of the molecule is COc1ccc(CCS(=O)(=O)Nc2nn(C)c3cccc(Cl)c23)cc1. The molecule has 25 heavy (non-hydrogen) atoms. The zero-order valence-corrected chi connectivity index (χ0v) is 15.4. The predicted molar refractivity (Wildman–Crippen MR) is 99.8 cm³/mol. The third kappa shape index (κ3) is 3.88. The number of rotatable bonds is 6. The summed E-state index contributed by atoms with van der Waals surface area (Å²) < 4.78 is 34.1. The number of hydrogen-bond acceptors (Lipinski definition) is 4. The monoisotopic (exact) mass is 379 g/mol. The quantitative estimate of drug-likeness (QED) is 0.713. The van der Waals surface area contributed by atoms with E-state index >= 15 is 0 Å². The summed E-state index contributed by atoms with van der Waals surface area (Å²) >= 11 is 6.21. The molecule has 0 radical (unpaired) electrons. The van der Waals surface area contributed by atoms with Gasteiger partial charge in [-0.3, -0.25) is 9.40 Å². The molecule has 0 saturated heterocycles. The Hall–Kier alpha value is -2.25. The molecule has 0 unspecified atom stereocenters. The van der Waals surface area contributed by atoms with E-state index in [1.165, 1.54) is 0 Å². The van der Waals surface area contributed by atoms with Crippen LogP contribution in [0.5, 0.6) is 5.75 Å². The smallest absolute Gasteiger partial charge is 0.234 e. The van der Waals surface area contributed by atoms with Crippen LogP contribution < -0.4 is 9.46 Å². The highest BCUT2D eigenvalue weighted by molar-refractivity contribution is 7.92. The topological polar surface area (TPSA) is 73.2 Å². The Labute approximate surface area is 151 Å². The molecule has 0 bridgehead atoms. The van der Waals surface area contributed by atoms with Crippen molar-refractivity contribution in [1.29, 1.82) is 0 Å². The molecule has 0 fully saturated rings. The van der Waals surface area contributed by atoms with Crippen LogP contribution in [0.15, 0.2) is 42.5 Å². The summed E-state index contributed by atoms with van der Waals surface area (Å²) in [5.74, 6) is 0.930. The second kappa shape index (κ2) is 6.93. The molecule has 0 aliphatic heterocycles. The summed E-state index contributed by atoms with van der Waals surface area (Å²) in [5, 5.41) is 5.29. The minimum Gasteiger partial charge on any atom is -0.497 e. The van der Waals surface area contributed by atoms with Crippen molar-refractivity contribution >= 4 is 38.3 Å². The Bertz CT molecular complexity index is 998. The van der Waals surface area contributed by atoms with E-state index in [-0.39, 0.29) is 11.6 Å². The molecular formula is C17H18ClN3O3S. The van der Waals surface area contributed by atoms with Crippen molar-refractivity contribution in [2.45, 2.75) is 6.42 Å². The standard InChI is InChI=1S/C17H18ClN3O3S/c1-21-15-5-3-4-14(18)16(15)17(19-21)20-25(22,23)11-10-12-6-8-13(24-2)9-7-12/h3-9H,10-11H2,1-2H3,(H,19,20). The van der Waals surface area contributed by atoms with E-state index in [4.69, 9.17) is 16.3 Å². The van der Waals surface area contributed by atoms with Crippen molar-refractivity contribution in [3.63, 3.8) is 0 Å². The zero-order chi connectivity index (χ0) is 18.0. The van der Waals surface area contributed by atoms with Gasteiger partial charge in [0.25, 0.3) is 0 Å². The van der Waals surface area contributed by atoms with E-state index in [2.05, 4.69) is 9.82 Å². The number of anilines is 1. The molecule has 6 nitrogen and oxygen atoms in total. The summed E-state index contributed by atoms with van der Waals surface area (Å²) in [4.78, 5) is 0. The Kier molecular flexibility index (Phi) is 4.87. The van der Waals surface area contributed by atoms with Gasteiger partial charge in [0.1, 0.15) is 5.75 Å². The average molecular weight is 380 g/mol. The zero-order valence-electron chi connectivity index (χ0n) is 13.9. The highest BCUT2D eigenvalue weighted by atomic mass is 35.5. The number of sulfonamides is 1. The lowest BCUT2D eigenvalue weighted by atomic mass is 10.2. The Morgan fingerprint density at radius 2 is 1.92 bits per heavy atom. The number of ether oxygens (including phenoxy) is 1. The largest absolute Gasteiger partial charge is 0.497 e. The molecule has 8 heteroatoms. The van der Waals surface area contributed by atoms with Crippen LogP contribution in [0.3, 0.4) is 0 Å². The lowest BCUT2D eigenvalue weighted by Gasteiger charge is -2.07. The highest BCUT2D eigenvalue weighted by Crippen LogP contribution is 2.30. The van der Waals surface area contributed by atoms with Crippen LogP contribution in [0.2, 0.25) is 5.02 Å². The summed E-state index contributed by atoms with van der Waals surface area (Å²) in [6.07, 6.45) is 0.387. The van der Waals surface area contributed by atoms with Crippen LogP contribution in [0.4, 0.5) is 5.82 Å². The molecule has 2 aromatic carbocycles. The summed E-state index contributed by atoms with van der Waals surface area (Å²) in [6, 6.07) is 12.7. The number of aromatic nitrogens is 2. The second-order valence-corrected chi connectivity index (χ2v) is 7.87. The lowest BCUT2D eigenvalue weighted by molar-refractivity contribution is 0.414. The summed E-state index contributed by atoms with van der Waals surface area (Å²) in [5.41, 5.74) is 1.68. The van der Waals surface area contributed by atoms with Gasteiger partial charge >= 0.3 is 0 Å². The molecule has 1 aromatic heterocycles. The fraction of sp³-hybridized carbons (Fsp3) is 0.235. The van der Waals surface area contributed by atoms with Crippen molar-refractivity contribution in [3.8, 4) is 5.75 Å². The van der Waals surface area contributed by atoms with Gasteiger partial charge in [-0.05, 0) is 36.2 Å². The second-order valence-electron chi connectivity index (χ2n) is 5.63. The molecule has 0 aliphatic rings. The van der Waals surface area contributed by atoms with Gasteiger partial charge in [-0.1, -0.05) is 29.8 Å². The van der Waals surface area contributed by atoms with Crippen molar-refractivity contribution in [2.24, 2.45) is 7.05 Å². The van der Waals surface area contributed by atoms with E-state index in [0.717, 1.165) is 16.8 Å². The van der Waals surface area contributed by atoms with Crippen LogP contribution >= 0.6 is 11.6 Å². The van der Waals surface area contributed by atoms with Crippen LogP contribution in [-0.2, 0) is 23.5 Å². The predicted octanol–water partition coefficient (Wildman–Crippen LogP) is 3.22. The van der Waals surface area contributed by atoms with Crippen molar-refractivity contribution in [1.82, 2.24) is 9.78 Å². The van der Waals surface area contributed by atoms with Crippen LogP contribution in [0.1, 0.15) is 5.56 Å². The van der Waals surface area contributed by atoms with Gasteiger partial charge in [0.2, 0.25) is 10.0 Å². The maximum absolute atomic E-state index is 12.4. The van der Waals surface area contributed by atoms with Gasteiger partial charge in [0.05, 0.1) is 28.8 Å². The highest BCUT2D eigenvalue weighted by Gasteiger charge is 2.18. The molecule has 1 heterocycles. The van der Waals surface area contributed by atoms with E-state index in [0.29, 0.717) is 16.8 Å². The minimum atomic E-state index is -3.56. The van der Waals surface area contributed by atoms with Crippen LogP contribution in [0.25, 0.3) is 10.9 Å². The molecule has 0 atom stereocenters. The fourth-order valence-corrected chi connectivity index (χ4v) is 3.89. The number of aryl methyl sites for hydroxylation is 2.